The topological polar surface area (TPSA) is 60.4 Å². The molecule has 0 amide bonds. The molecular formula is C7H14O4PS+. The predicted molar refractivity (Wildman–Crippen MR) is 50.9 cm³/mol. The maximum Gasteiger partial charge on any atom is 0.341 e. The van der Waals surface area contributed by atoms with Crippen molar-refractivity contribution in [3.63, 3.8) is 0 Å². The maximum atomic E-state index is 11.3. The smallest absolute Gasteiger partial charge is 0.270 e. The van der Waals surface area contributed by atoms with Crippen LogP contribution in [0.15, 0.2) is 0 Å². The molecule has 1 unspecified atom stereocenters. The second-order valence-corrected chi connectivity index (χ2v) is 6.91. The minimum Gasteiger partial charge on any atom is -0.270 e. The van der Waals surface area contributed by atoms with Crippen molar-refractivity contribution >= 4 is 17.9 Å². The summed E-state index contributed by atoms with van der Waals surface area (Å²) in [5, 5.41) is 0. The van der Waals surface area contributed by atoms with Crippen molar-refractivity contribution < 1.29 is 17.2 Å². The highest BCUT2D eigenvalue weighted by molar-refractivity contribution is 7.85. The van der Waals surface area contributed by atoms with Crippen molar-refractivity contribution in [2.24, 2.45) is 0 Å². The van der Waals surface area contributed by atoms with Gasteiger partial charge >= 0.3 is 7.80 Å². The Hall–Kier alpha value is 0.01000. The van der Waals surface area contributed by atoms with Gasteiger partial charge in [0, 0.05) is 6.42 Å². The summed E-state index contributed by atoms with van der Waals surface area (Å²) in [5.41, 5.74) is 0.178. The summed E-state index contributed by atoms with van der Waals surface area (Å²) < 4.78 is 37.0. The van der Waals surface area contributed by atoms with Gasteiger partial charge in [0.05, 0.1) is 12.9 Å². The van der Waals surface area contributed by atoms with Crippen molar-refractivity contribution in [1.29, 1.82) is 0 Å². The molecule has 76 valence electrons. The lowest BCUT2D eigenvalue weighted by Gasteiger charge is -2.00. The van der Waals surface area contributed by atoms with Gasteiger partial charge in [-0.25, -0.2) is 0 Å². The summed E-state index contributed by atoms with van der Waals surface area (Å²) in [7, 11) is -4.43. The molecular weight excluding hydrogens is 211 g/mol. The average molecular weight is 225 g/mol. The van der Waals surface area contributed by atoms with Crippen molar-refractivity contribution in [3.05, 3.63) is 0 Å². The third-order valence-electron chi connectivity index (χ3n) is 2.07. The Kier molecular flexibility index (Phi) is 3.83. The zero-order valence-corrected chi connectivity index (χ0v) is 9.31. The van der Waals surface area contributed by atoms with Crippen molar-refractivity contribution in [3.8, 4) is 0 Å². The second-order valence-electron chi connectivity index (χ2n) is 3.25. The first-order valence-electron chi connectivity index (χ1n) is 4.27. The van der Waals surface area contributed by atoms with E-state index in [0.717, 1.165) is 25.3 Å². The molecule has 4 nitrogen and oxygen atoms in total. The lowest BCUT2D eigenvalue weighted by atomic mass is 10.2. The second kappa shape index (κ2) is 4.49. The van der Waals surface area contributed by atoms with Gasteiger partial charge in [0.25, 0.3) is 10.1 Å². The molecule has 0 aromatic heterocycles. The third-order valence-corrected chi connectivity index (χ3v) is 4.75. The van der Waals surface area contributed by atoms with Crippen molar-refractivity contribution in [2.75, 3.05) is 19.0 Å². The molecule has 1 aliphatic rings. The van der Waals surface area contributed by atoms with E-state index in [1.165, 1.54) is 0 Å². The first-order chi connectivity index (χ1) is 5.99. The van der Waals surface area contributed by atoms with Gasteiger partial charge in [0.15, 0.2) is 5.66 Å². The number of rotatable bonds is 4. The van der Waals surface area contributed by atoms with Crippen LogP contribution in [-0.4, -0.2) is 33.1 Å². The fourth-order valence-electron chi connectivity index (χ4n) is 1.43. The van der Waals surface area contributed by atoms with Gasteiger partial charge in [-0.05, 0) is 12.8 Å². The molecule has 0 aromatic rings. The van der Waals surface area contributed by atoms with Crippen LogP contribution >= 0.6 is 7.80 Å². The highest BCUT2D eigenvalue weighted by Gasteiger charge is 2.35. The molecule has 1 aliphatic heterocycles. The summed E-state index contributed by atoms with van der Waals surface area (Å²) in [6.07, 6.45) is 4.36. The van der Waals surface area contributed by atoms with Crippen LogP contribution in [-0.2, 0) is 18.9 Å². The van der Waals surface area contributed by atoms with E-state index in [4.69, 9.17) is 0 Å². The normalized spacial score (nSPS) is 26.5. The standard InChI is InChI=1S/C7H14O4PS/c1-13(9,10)11-5-4-7-3-2-6-12(7)8/h7H,2-6H2,1H3/q+1/t7-/m1/s1. The lowest BCUT2D eigenvalue weighted by Crippen LogP contribution is -2.08. The van der Waals surface area contributed by atoms with Crippen LogP contribution in [0.3, 0.4) is 0 Å². The van der Waals surface area contributed by atoms with E-state index in [0.29, 0.717) is 6.42 Å². The molecule has 0 N–H and O–H groups in total. The van der Waals surface area contributed by atoms with Gasteiger partial charge in [0.1, 0.15) is 6.16 Å². The van der Waals surface area contributed by atoms with Gasteiger partial charge < -0.3 is 0 Å². The van der Waals surface area contributed by atoms with Crippen LogP contribution in [0.1, 0.15) is 19.3 Å². The van der Waals surface area contributed by atoms with Crippen molar-refractivity contribution in [1.82, 2.24) is 0 Å². The number of hydrogen-bond donors (Lipinski definition) is 0. The van der Waals surface area contributed by atoms with Gasteiger partial charge in [-0.1, -0.05) is 4.57 Å². The Morgan fingerprint density at radius 1 is 1.54 bits per heavy atom. The lowest BCUT2D eigenvalue weighted by molar-refractivity contribution is 0.312. The number of hydrogen-bond acceptors (Lipinski definition) is 4. The van der Waals surface area contributed by atoms with Gasteiger partial charge in [0.2, 0.25) is 0 Å². The first-order valence-corrected chi connectivity index (χ1v) is 7.60. The van der Waals surface area contributed by atoms with E-state index in [2.05, 4.69) is 4.18 Å². The maximum absolute atomic E-state index is 11.3. The molecule has 2 atom stereocenters. The molecule has 6 heteroatoms. The van der Waals surface area contributed by atoms with Crippen molar-refractivity contribution in [2.45, 2.75) is 24.9 Å². The molecule has 1 saturated heterocycles. The molecule has 1 fully saturated rings. The fraction of sp³-hybridized carbons (Fsp3) is 1.00. The fourth-order valence-corrected chi connectivity index (χ4v) is 3.56. The summed E-state index contributed by atoms with van der Waals surface area (Å²) in [6.45, 7) is 0.171. The van der Waals surface area contributed by atoms with Crippen LogP contribution in [0, 0.1) is 0 Å². The summed E-state index contributed by atoms with van der Waals surface area (Å²) in [4.78, 5) is 0. The minimum absolute atomic E-state index is 0.171. The van der Waals surface area contributed by atoms with E-state index in [9.17, 15) is 13.0 Å². The van der Waals surface area contributed by atoms with Crippen LogP contribution in [0.25, 0.3) is 0 Å². The molecule has 1 rings (SSSR count). The Balaban J connectivity index is 2.23. The molecule has 0 bridgehead atoms. The van der Waals surface area contributed by atoms with Crippen LogP contribution in [0.5, 0.6) is 0 Å². The Morgan fingerprint density at radius 2 is 2.23 bits per heavy atom. The Morgan fingerprint density at radius 3 is 2.69 bits per heavy atom. The molecule has 0 saturated carbocycles. The Bertz CT molecular complexity index is 285. The summed E-state index contributed by atoms with van der Waals surface area (Å²) in [6, 6.07) is 0. The first kappa shape index (κ1) is 11.1. The molecule has 13 heavy (non-hydrogen) atoms. The summed E-state index contributed by atoms with van der Waals surface area (Å²) in [5.74, 6) is 0. The monoisotopic (exact) mass is 225 g/mol. The molecule has 0 aromatic carbocycles. The van der Waals surface area contributed by atoms with Crippen LogP contribution in [0.2, 0.25) is 0 Å². The third kappa shape index (κ3) is 4.16. The average Bonchev–Trinajstić information content (AvgIpc) is 2.34. The zero-order valence-electron chi connectivity index (χ0n) is 7.60. The highest BCUT2D eigenvalue weighted by Crippen LogP contribution is 2.41. The van der Waals surface area contributed by atoms with Crippen LogP contribution < -0.4 is 0 Å². The highest BCUT2D eigenvalue weighted by atomic mass is 32.2. The Labute approximate surface area is 79.6 Å². The summed E-state index contributed by atoms with van der Waals surface area (Å²) >= 11 is 0. The zero-order chi connectivity index (χ0) is 9.90. The molecule has 0 radical (unpaired) electrons. The van der Waals surface area contributed by atoms with E-state index < -0.39 is 17.9 Å². The van der Waals surface area contributed by atoms with E-state index in [1.807, 2.05) is 0 Å². The molecule has 0 spiro atoms. The SMILES string of the molecule is CS(=O)(=O)OCC[C@H]1CCC[P+]1=O. The minimum atomic E-state index is -3.33. The van der Waals surface area contributed by atoms with Gasteiger partial charge in [-0.3, -0.25) is 4.18 Å². The van der Waals surface area contributed by atoms with Gasteiger partial charge in [-0.15, -0.1) is 0 Å². The van der Waals surface area contributed by atoms with E-state index >= 15 is 0 Å². The van der Waals surface area contributed by atoms with E-state index in [-0.39, 0.29) is 12.3 Å². The van der Waals surface area contributed by atoms with E-state index in [1.54, 1.807) is 0 Å². The molecule has 1 heterocycles. The quantitative estimate of drug-likeness (QED) is 0.535. The predicted octanol–water partition coefficient (Wildman–Crippen LogP) is 1.34. The van der Waals surface area contributed by atoms with Gasteiger partial charge in [-0.2, -0.15) is 8.42 Å². The van der Waals surface area contributed by atoms with Crippen LogP contribution in [0.4, 0.5) is 0 Å². The largest absolute Gasteiger partial charge is 0.341 e. The molecule has 0 aliphatic carbocycles.